The third kappa shape index (κ3) is 6.16. The average Bonchev–Trinajstić information content (AvgIpc) is 2.79. The molecule has 0 bridgehead atoms. The van der Waals surface area contributed by atoms with Gasteiger partial charge in [-0.15, -0.1) is 0 Å². The monoisotopic (exact) mass is 508 g/mol. The maximum absolute atomic E-state index is 13.6. The largest absolute Gasteiger partial charge is 0.478 e. The van der Waals surface area contributed by atoms with E-state index in [0.29, 0.717) is 5.92 Å². The number of carboxylic acid groups (broad SMARTS) is 1. The Bertz CT molecular complexity index is 1110. The van der Waals surface area contributed by atoms with Gasteiger partial charge in [0.15, 0.2) is 0 Å². The summed E-state index contributed by atoms with van der Waals surface area (Å²) in [6.07, 6.45) is -1.64. The highest BCUT2D eigenvalue weighted by Crippen LogP contribution is 2.39. The van der Waals surface area contributed by atoms with Crippen LogP contribution in [0.2, 0.25) is 0 Å². The SMILES string of the molecule is CC1CCC(C(=O)N(c2ccc(Oc3ncc(C(C)O)cc3C(F)(F)F)cc2C(=O)O)C(C)C)CC1. The summed E-state index contributed by atoms with van der Waals surface area (Å²) in [6, 6.07) is 4.18. The van der Waals surface area contributed by atoms with Crippen molar-refractivity contribution in [2.45, 2.75) is 71.7 Å². The van der Waals surface area contributed by atoms with E-state index in [-0.39, 0.29) is 40.4 Å². The van der Waals surface area contributed by atoms with Gasteiger partial charge < -0.3 is 19.8 Å². The molecule has 196 valence electrons. The predicted octanol–water partition coefficient (Wildman–Crippen LogP) is 6.21. The first-order chi connectivity index (χ1) is 16.8. The Morgan fingerprint density at radius 2 is 1.75 bits per heavy atom. The number of carbonyl (C=O) groups is 2. The summed E-state index contributed by atoms with van der Waals surface area (Å²) in [7, 11) is 0. The summed E-state index contributed by atoms with van der Waals surface area (Å²) in [5.41, 5.74) is -1.36. The van der Waals surface area contributed by atoms with E-state index >= 15 is 0 Å². The van der Waals surface area contributed by atoms with Gasteiger partial charge in [0.05, 0.1) is 17.4 Å². The second kappa shape index (κ2) is 10.9. The molecule has 1 saturated carbocycles. The van der Waals surface area contributed by atoms with E-state index in [4.69, 9.17) is 4.74 Å². The molecule has 1 heterocycles. The van der Waals surface area contributed by atoms with Crippen LogP contribution in [-0.2, 0) is 11.0 Å². The molecule has 36 heavy (non-hydrogen) atoms. The number of alkyl halides is 3. The summed E-state index contributed by atoms with van der Waals surface area (Å²) in [5, 5.41) is 19.5. The van der Waals surface area contributed by atoms with Crippen LogP contribution in [0.1, 0.15) is 81.0 Å². The minimum absolute atomic E-state index is 0.0422. The lowest BCUT2D eigenvalue weighted by atomic mass is 9.82. The molecule has 1 fully saturated rings. The number of aliphatic hydroxyl groups excluding tert-OH is 1. The zero-order valence-corrected chi connectivity index (χ0v) is 20.7. The lowest BCUT2D eigenvalue weighted by molar-refractivity contribution is -0.139. The van der Waals surface area contributed by atoms with Crippen molar-refractivity contribution in [3.63, 3.8) is 0 Å². The highest BCUT2D eigenvalue weighted by Gasteiger charge is 2.37. The number of amides is 1. The van der Waals surface area contributed by atoms with Crippen molar-refractivity contribution < 1.29 is 37.7 Å². The van der Waals surface area contributed by atoms with Crippen LogP contribution in [0.5, 0.6) is 11.6 Å². The van der Waals surface area contributed by atoms with Crippen LogP contribution in [0, 0.1) is 11.8 Å². The highest BCUT2D eigenvalue weighted by molar-refractivity contribution is 6.03. The standard InChI is InChI=1S/C26H31F3N2O5/c1-14(2)31(24(33)17-7-5-15(3)6-8-17)22-10-9-19(12-20(22)25(34)35)36-23-21(26(27,28)29)11-18(13-30-23)16(4)32/h9-17,32H,5-8H2,1-4H3,(H,34,35). The van der Waals surface area contributed by atoms with Gasteiger partial charge in [0, 0.05) is 18.2 Å². The maximum Gasteiger partial charge on any atom is 0.421 e. The van der Waals surface area contributed by atoms with Crippen LogP contribution < -0.4 is 9.64 Å². The zero-order valence-electron chi connectivity index (χ0n) is 20.7. The number of pyridine rings is 1. The second-order valence-corrected chi connectivity index (χ2v) is 9.64. The average molecular weight is 509 g/mol. The number of aromatic carboxylic acids is 1. The van der Waals surface area contributed by atoms with Gasteiger partial charge in [-0.3, -0.25) is 4.79 Å². The fourth-order valence-electron chi connectivity index (χ4n) is 4.41. The van der Waals surface area contributed by atoms with Crippen molar-refractivity contribution in [1.82, 2.24) is 4.98 Å². The molecule has 1 aliphatic rings. The topological polar surface area (TPSA) is 100.0 Å². The quantitative estimate of drug-likeness (QED) is 0.461. The van der Waals surface area contributed by atoms with E-state index in [1.54, 1.807) is 13.8 Å². The van der Waals surface area contributed by atoms with E-state index in [1.165, 1.54) is 24.0 Å². The summed E-state index contributed by atoms with van der Waals surface area (Å²) >= 11 is 0. The van der Waals surface area contributed by atoms with Gasteiger partial charge in [-0.1, -0.05) is 6.92 Å². The van der Waals surface area contributed by atoms with Crippen molar-refractivity contribution in [1.29, 1.82) is 0 Å². The number of benzene rings is 1. The first-order valence-electron chi connectivity index (χ1n) is 11.9. The molecule has 3 rings (SSSR count). The molecule has 2 N–H and O–H groups in total. The van der Waals surface area contributed by atoms with E-state index in [9.17, 15) is 33.0 Å². The van der Waals surface area contributed by atoms with Gasteiger partial charge in [0.2, 0.25) is 11.8 Å². The normalized spacial score (nSPS) is 19.1. The molecule has 1 aromatic carbocycles. The predicted molar refractivity (Wildman–Crippen MR) is 127 cm³/mol. The van der Waals surface area contributed by atoms with E-state index in [1.807, 2.05) is 0 Å². The molecule has 0 aliphatic heterocycles. The van der Waals surface area contributed by atoms with E-state index in [2.05, 4.69) is 11.9 Å². The first kappa shape index (κ1) is 27.4. The molecule has 0 radical (unpaired) electrons. The lowest BCUT2D eigenvalue weighted by Crippen LogP contribution is -2.42. The van der Waals surface area contributed by atoms with Crippen LogP contribution in [0.15, 0.2) is 30.5 Å². The molecule has 10 heteroatoms. The van der Waals surface area contributed by atoms with Crippen molar-refractivity contribution in [3.05, 3.63) is 47.2 Å². The van der Waals surface area contributed by atoms with Gasteiger partial charge >= 0.3 is 12.1 Å². The molecule has 1 amide bonds. The number of hydrogen-bond donors (Lipinski definition) is 2. The molecular formula is C26H31F3N2O5. The van der Waals surface area contributed by atoms with Crippen molar-refractivity contribution in [3.8, 4) is 11.6 Å². The summed E-state index contributed by atoms with van der Waals surface area (Å²) < 4.78 is 46.2. The minimum Gasteiger partial charge on any atom is -0.478 e. The highest BCUT2D eigenvalue weighted by atomic mass is 19.4. The first-order valence-corrected chi connectivity index (χ1v) is 11.9. The smallest absolute Gasteiger partial charge is 0.421 e. The molecule has 0 spiro atoms. The number of carboxylic acids is 1. The molecule has 1 aliphatic carbocycles. The van der Waals surface area contributed by atoms with Gasteiger partial charge in [-0.25, -0.2) is 9.78 Å². The van der Waals surface area contributed by atoms with Crippen LogP contribution in [-0.4, -0.2) is 33.1 Å². The third-order valence-electron chi connectivity index (χ3n) is 6.45. The number of rotatable bonds is 7. The summed E-state index contributed by atoms with van der Waals surface area (Å²) in [4.78, 5) is 30.7. The van der Waals surface area contributed by atoms with Crippen molar-refractivity contribution >= 4 is 17.6 Å². The fraction of sp³-hybridized carbons (Fsp3) is 0.500. The Kier molecular flexibility index (Phi) is 8.28. The number of ether oxygens (including phenoxy) is 1. The minimum atomic E-state index is -4.82. The zero-order chi connectivity index (χ0) is 26.8. The van der Waals surface area contributed by atoms with E-state index < -0.39 is 29.7 Å². The molecule has 1 unspecified atom stereocenters. The van der Waals surface area contributed by atoms with Crippen LogP contribution >= 0.6 is 0 Å². The van der Waals surface area contributed by atoms with Gasteiger partial charge in [0.25, 0.3) is 0 Å². The summed E-state index contributed by atoms with van der Waals surface area (Å²) in [6.45, 7) is 7.01. The fourth-order valence-corrected chi connectivity index (χ4v) is 4.41. The third-order valence-corrected chi connectivity index (χ3v) is 6.45. The maximum atomic E-state index is 13.6. The Hall–Kier alpha value is -3.14. The Labute approximate surface area is 207 Å². The Balaban J connectivity index is 1.98. The molecule has 1 aromatic heterocycles. The Morgan fingerprint density at radius 3 is 2.28 bits per heavy atom. The summed E-state index contributed by atoms with van der Waals surface area (Å²) in [5.74, 6) is -2.14. The molecule has 2 aromatic rings. The van der Waals surface area contributed by atoms with Crippen LogP contribution in [0.3, 0.4) is 0 Å². The number of aliphatic hydroxyl groups is 1. The van der Waals surface area contributed by atoms with Crippen molar-refractivity contribution in [2.24, 2.45) is 11.8 Å². The lowest BCUT2D eigenvalue weighted by Gasteiger charge is -2.34. The number of anilines is 1. The number of nitrogens with zero attached hydrogens (tertiary/aromatic N) is 2. The van der Waals surface area contributed by atoms with Gasteiger partial charge in [-0.05, 0) is 82.2 Å². The van der Waals surface area contributed by atoms with Gasteiger partial charge in [-0.2, -0.15) is 13.2 Å². The molecular weight excluding hydrogens is 477 g/mol. The van der Waals surface area contributed by atoms with Crippen LogP contribution in [0.25, 0.3) is 0 Å². The molecule has 0 saturated heterocycles. The number of aromatic nitrogens is 1. The number of carbonyl (C=O) groups excluding carboxylic acids is 1. The Morgan fingerprint density at radius 1 is 1.11 bits per heavy atom. The van der Waals surface area contributed by atoms with E-state index in [0.717, 1.165) is 44.0 Å². The van der Waals surface area contributed by atoms with Crippen LogP contribution in [0.4, 0.5) is 18.9 Å². The number of halogens is 3. The number of hydrogen-bond acceptors (Lipinski definition) is 5. The van der Waals surface area contributed by atoms with Crippen molar-refractivity contribution in [2.75, 3.05) is 4.90 Å². The van der Waals surface area contributed by atoms with Gasteiger partial charge in [0.1, 0.15) is 11.3 Å². The second-order valence-electron chi connectivity index (χ2n) is 9.64. The molecule has 1 atom stereocenters. The molecule has 7 nitrogen and oxygen atoms in total.